The molecule has 0 bridgehead atoms. The Bertz CT molecular complexity index is 3660. The van der Waals surface area contributed by atoms with Crippen molar-refractivity contribution < 1.29 is 21.4 Å². The van der Waals surface area contributed by atoms with Crippen LogP contribution < -0.4 is 23.7 Å². The first-order valence-electron chi connectivity index (χ1n) is 18.0. The number of aromatic nitrogens is 6. The highest BCUT2D eigenvalue weighted by atomic mass is 127. The van der Waals surface area contributed by atoms with Crippen molar-refractivity contribution in [1.82, 2.24) is 29.1 Å². The van der Waals surface area contributed by atoms with Crippen LogP contribution in [-0.4, -0.2) is 36.2 Å². The van der Waals surface area contributed by atoms with Crippen LogP contribution in [-0.2, 0) is 6.42 Å². The Labute approximate surface area is 379 Å². The average molecular weight is 1010 g/mol. The molecule has 0 aliphatic heterocycles. The van der Waals surface area contributed by atoms with Gasteiger partial charge in [-0.3, -0.25) is 9.59 Å². The van der Waals surface area contributed by atoms with Crippen molar-refractivity contribution in [2.75, 3.05) is 7.11 Å². The molecule has 10 aromatic rings. The molecule has 6 heterocycles. The number of pyridine rings is 2. The molecule has 300 valence electrons. The smallest absolute Gasteiger partial charge is 0.290 e. The molecule has 0 spiro atoms. The highest BCUT2D eigenvalue weighted by molar-refractivity contribution is 14.1. The fourth-order valence-electron chi connectivity index (χ4n) is 6.70. The number of halogens is 2. The lowest BCUT2D eigenvalue weighted by Crippen LogP contribution is -2.20. The van der Waals surface area contributed by atoms with E-state index < -0.39 is 11.1 Å². The fraction of sp³-hybridized carbons (Fsp3) is 0.0476. The van der Waals surface area contributed by atoms with E-state index in [4.69, 9.17) is 67.4 Å². The molecule has 13 nitrogen and oxygen atoms in total. The van der Waals surface area contributed by atoms with Gasteiger partial charge in [0.25, 0.3) is 20.8 Å². The third-order valence-electron chi connectivity index (χ3n) is 9.52. The lowest BCUT2D eigenvalue weighted by Gasteiger charge is -2.10. The fourth-order valence-corrected chi connectivity index (χ4v) is 9.80. The monoisotopic (exact) mass is 1010 g/mol. The van der Waals surface area contributed by atoms with Gasteiger partial charge in [0.15, 0.2) is 45.5 Å². The molecule has 0 aliphatic rings. The number of benzene rings is 4. The van der Waals surface area contributed by atoms with Crippen LogP contribution in [0.3, 0.4) is 0 Å². The van der Waals surface area contributed by atoms with Crippen molar-refractivity contribution in [2.45, 2.75) is 6.42 Å². The normalized spacial score (nSPS) is 11.5. The minimum atomic E-state index is -0.508. The van der Waals surface area contributed by atoms with E-state index in [0.29, 0.717) is 55.7 Å². The van der Waals surface area contributed by atoms with E-state index in [1.807, 2.05) is 54.6 Å². The second kappa shape index (κ2) is 15.9. The lowest BCUT2D eigenvalue weighted by molar-refractivity contribution is 0.404. The average Bonchev–Trinajstić information content (AvgIpc) is 3.88. The van der Waals surface area contributed by atoms with Crippen molar-refractivity contribution in [1.29, 1.82) is 0 Å². The molecule has 0 atom stereocenters. The number of hydrogen-bond donors (Lipinski definition) is 0. The summed E-state index contributed by atoms with van der Waals surface area (Å²) in [5, 5.41) is 1.29. The number of ether oxygens (including phenoxy) is 2. The maximum absolute atomic E-state index is 14.2. The Morgan fingerprint density at radius 2 is 1.36 bits per heavy atom. The van der Waals surface area contributed by atoms with E-state index >= 15 is 0 Å². The molecule has 0 aliphatic carbocycles. The molecule has 0 radical (unpaired) electrons. The number of fused-ring (bicyclic) bond motifs is 4. The number of thiazole rings is 2. The van der Waals surface area contributed by atoms with E-state index in [1.165, 1.54) is 45.1 Å². The molecule has 0 amide bonds. The first-order chi connectivity index (χ1) is 29.6. The zero-order chi connectivity index (χ0) is 41.9. The summed E-state index contributed by atoms with van der Waals surface area (Å²) in [5.74, 6) is 1.86. The second-order valence-electron chi connectivity index (χ2n) is 13.3. The zero-order valence-corrected chi connectivity index (χ0v) is 37.1. The molecule has 6 aromatic heterocycles. The molecule has 10 rings (SSSR count). The Balaban J connectivity index is 0.962. The van der Waals surface area contributed by atoms with Crippen molar-refractivity contribution in [3.8, 4) is 44.5 Å². The van der Waals surface area contributed by atoms with Crippen molar-refractivity contribution >= 4 is 124 Å². The molecular weight excluding hydrogens is 991 g/mol. The van der Waals surface area contributed by atoms with Crippen LogP contribution in [0.25, 0.3) is 64.2 Å². The molecule has 4 aromatic carbocycles. The van der Waals surface area contributed by atoms with Gasteiger partial charge in [0.2, 0.25) is 21.4 Å². The Hall–Kier alpha value is -5.90. The van der Waals surface area contributed by atoms with Gasteiger partial charge in [0, 0.05) is 35.0 Å². The van der Waals surface area contributed by atoms with Gasteiger partial charge in [0.1, 0.15) is 11.5 Å². The summed E-state index contributed by atoms with van der Waals surface area (Å²) in [6.45, 7) is 0. The second-order valence-corrected chi connectivity index (χ2v) is 16.9. The zero-order valence-electron chi connectivity index (χ0n) is 31.0. The van der Waals surface area contributed by atoms with Crippen LogP contribution in [0.4, 0.5) is 0 Å². The van der Waals surface area contributed by atoms with Gasteiger partial charge < -0.3 is 21.4 Å². The van der Waals surface area contributed by atoms with Gasteiger partial charge in [-0.2, -0.15) is 0 Å². The summed E-state index contributed by atoms with van der Waals surface area (Å²) < 4.78 is 33.0. The number of methoxy groups -OCH3 is 1. The van der Waals surface area contributed by atoms with E-state index in [-0.39, 0.29) is 37.6 Å². The summed E-state index contributed by atoms with van der Waals surface area (Å²) in [6.07, 6.45) is 2.04. The highest BCUT2D eigenvalue weighted by Crippen LogP contribution is 2.35. The summed E-state index contributed by atoms with van der Waals surface area (Å²) in [4.78, 5) is 46.0. The predicted octanol–water partition coefficient (Wildman–Crippen LogP) is 11.4. The Morgan fingerprint density at radius 3 is 2.07 bits per heavy atom. The minimum Gasteiger partial charge on any atom is -0.493 e. The van der Waals surface area contributed by atoms with E-state index in [2.05, 4.69) is 9.97 Å². The number of hydrogen-bond acceptors (Lipinski definition) is 15. The highest BCUT2D eigenvalue weighted by Gasteiger charge is 2.21. The van der Waals surface area contributed by atoms with Crippen LogP contribution in [0.2, 0.25) is 5.02 Å². The van der Waals surface area contributed by atoms with E-state index in [9.17, 15) is 9.59 Å². The predicted molar refractivity (Wildman–Crippen MR) is 248 cm³/mol. The first kappa shape index (κ1) is 39.2. The summed E-state index contributed by atoms with van der Waals surface area (Å²) in [5.41, 5.74) is 4.02. The molecule has 0 fully saturated rings. The van der Waals surface area contributed by atoms with Gasteiger partial charge in [-0.25, -0.2) is 29.1 Å². The maximum atomic E-state index is 14.2. The van der Waals surface area contributed by atoms with E-state index in [1.54, 1.807) is 65.5 Å². The number of nitrogens with zero attached hydrogens (tertiary/aromatic N) is 6. The minimum absolute atomic E-state index is 0.0242. The third-order valence-corrected chi connectivity index (χ3v) is 12.8. The van der Waals surface area contributed by atoms with Crippen LogP contribution in [0.5, 0.6) is 23.0 Å². The van der Waals surface area contributed by atoms with Crippen molar-refractivity contribution in [3.05, 3.63) is 150 Å². The van der Waals surface area contributed by atoms with Gasteiger partial charge >= 0.3 is 0 Å². The molecular formula is C42H22ClIN6O7S4. The molecule has 61 heavy (non-hydrogen) atoms. The maximum Gasteiger partial charge on any atom is 0.290 e. The Morgan fingerprint density at radius 1 is 0.721 bits per heavy atom. The molecule has 0 saturated carbocycles. The van der Waals surface area contributed by atoms with Gasteiger partial charge in [-0.05, 0) is 96.6 Å². The standard InChI is InChI=1S/C42H22ClIN6O7S4/c1-53-29-13-14-45-33-35(29)55-41(58)49(37(33)51)39-47-26-11-5-21(17-31(26)60-39)15-20-3-2-4-22(16-20)28-19-30(57-44)36-34(46-28)38(52)50(42(59)56-36)40-48-27-12-10-25(18-32(27)61-40)54-24-8-6-23(43)7-9-24/h2-14,16-19H,15H2,1H3. The van der Waals surface area contributed by atoms with Crippen LogP contribution in [0, 0.1) is 9.67 Å². The van der Waals surface area contributed by atoms with Crippen molar-refractivity contribution in [2.24, 2.45) is 0 Å². The largest absolute Gasteiger partial charge is 0.493 e. The van der Waals surface area contributed by atoms with Crippen LogP contribution >= 0.6 is 81.7 Å². The quantitative estimate of drug-likeness (QED) is 0.0998. The molecule has 0 N–H and O–H groups in total. The third kappa shape index (κ3) is 7.27. The molecule has 19 heteroatoms. The SMILES string of the molecule is COc1ccnc2c(=O)n(-c3nc4ccc(Cc5cccc(-c6cc(OI)c7oc(=S)n(-c8nc9ccc(Oc%10ccc(Cl)cc%10)cc9s8)c(=O)c7n6)c5)cc4s3)c(=S)oc12. The van der Waals surface area contributed by atoms with Gasteiger partial charge in [-0.1, -0.05) is 58.5 Å². The summed E-state index contributed by atoms with van der Waals surface area (Å²) in [6, 6.07) is 29.6. The first-order valence-corrected chi connectivity index (χ1v) is 21.7. The van der Waals surface area contributed by atoms with Gasteiger partial charge in [0.05, 0.1) is 33.2 Å². The van der Waals surface area contributed by atoms with E-state index in [0.717, 1.165) is 26.1 Å². The van der Waals surface area contributed by atoms with Crippen LogP contribution in [0.15, 0.2) is 122 Å². The molecule has 0 unspecified atom stereocenters. The molecule has 0 saturated heterocycles. The Kier molecular flexibility index (Phi) is 10.2. The van der Waals surface area contributed by atoms with Gasteiger partial charge in [-0.15, -0.1) is 0 Å². The summed E-state index contributed by atoms with van der Waals surface area (Å²) >= 11 is 21.4. The summed E-state index contributed by atoms with van der Waals surface area (Å²) in [7, 11) is 1.48. The lowest BCUT2D eigenvalue weighted by atomic mass is 10.0. The van der Waals surface area contributed by atoms with Crippen molar-refractivity contribution in [3.63, 3.8) is 0 Å². The topological polar surface area (TPSA) is 150 Å². The van der Waals surface area contributed by atoms with Crippen LogP contribution in [0.1, 0.15) is 11.1 Å². The number of rotatable bonds is 9.